The number of ether oxygens (including phenoxy) is 1. The van der Waals surface area contributed by atoms with Crippen molar-refractivity contribution in [3.8, 4) is 0 Å². The number of anilines is 2. The second-order valence-electron chi connectivity index (χ2n) is 5.05. The van der Waals surface area contributed by atoms with Crippen molar-refractivity contribution in [2.75, 3.05) is 24.3 Å². The highest BCUT2D eigenvalue weighted by molar-refractivity contribution is 6.35. The number of amides is 1. The maximum Gasteiger partial charge on any atom is 0.337 e. The number of carbonyl (C=O) groups is 2. The van der Waals surface area contributed by atoms with Crippen LogP contribution in [0.1, 0.15) is 15.9 Å². The number of hydrogen-bond donors (Lipinski definition) is 2. The van der Waals surface area contributed by atoms with Crippen molar-refractivity contribution in [3.63, 3.8) is 0 Å². The van der Waals surface area contributed by atoms with E-state index in [0.717, 1.165) is 11.3 Å². The monoisotopic (exact) mass is 366 g/mol. The highest BCUT2D eigenvalue weighted by Crippen LogP contribution is 2.25. The Hall–Kier alpha value is -2.24. The first-order valence-corrected chi connectivity index (χ1v) is 7.84. The summed E-state index contributed by atoms with van der Waals surface area (Å²) in [5.74, 6) is -0.673. The lowest BCUT2D eigenvalue weighted by Gasteiger charge is -2.12. The number of benzene rings is 2. The van der Waals surface area contributed by atoms with E-state index in [9.17, 15) is 9.59 Å². The number of methoxy groups -OCH3 is 1. The van der Waals surface area contributed by atoms with Gasteiger partial charge in [-0.05, 0) is 48.9 Å². The van der Waals surface area contributed by atoms with Gasteiger partial charge in [-0.15, -0.1) is 0 Å². The average Bonchev–Trinajstić information content (AvgIpc) is 2.56. The Morgan fingerprint density at radius 2 is 1.83 bits per heavy atom. The molecule has 0 unspecified atom stereocenters. The van der Waals surface area contributed by atoms with Crippen LogP contribution in [0.15, 0.2) is 36.4 Å². The normalized spacial score (nSPS) is 10.2. The zero-order valence-corrected chi connectivity index (χ0v) is 14.7. The number of rotatable bonds is 5. The van der Waals surface area contributed by atoms with Gasteiger partial charge in [-0.1, -0.05) is 23.2 Å². The van der Waals surface area contributed by atoms with E-state index >= 15 is 0 Å². The molecule has 0 fully saturated rings. The van der Waals surface area contributed by atoms with Crippen molar-refractivity contribution in [3.05, 3.63) is 57.6 Å². The Balaban J connectivity index is 1.99. The quantitative estimate of drug-likeness (QED) is 0.780. The van der Waals surface area contributed by atoms with Gasteiger partial charge in [0.05, 0.1) is 29.9 Å². The van der Waals surface area contributed by atoms with Crippen LogP contribution in [-0.2, 0) is 9.53 Å². The molecule has 24 heavy (non-hydrogen) atoms. The topological polar surface area (TPSA) is 67.4 Å². The predicted molar refractivity (Wildman–Crippen MR) is 96.1 cm³/mol. The SMILES string of the molecule is COC(=O)c1ccc(NCC(=O)Nc2cc(Cl)ccc2Cl)c(C)c1. The van der Waals surface area contributed by atoms with Crippen LogP contribution in [0.2, 0.25) is 10.0 Å². The third-order valence-corrected chi connectivity index (χ3v) is 3.85. The first-order valence-electron chi connectivity index (χ1n) is 7.08. The summed E-state index contributed by atoms with van der Waals surface area (Å²) in [6, 6.07) is 9.89. The molecule has 0 aliphatic carbocycles. The van der Waals surface area contributed by atoms with Crippen molar-refractivity contribution in [2.45, 2.75) is 6.92 Å². The molecule has 2 rings (SSSR count). The molecule has 0 bridgehead atoms. The van der Waals surface area contributed by atoms with E-state index in [-0.39, 0.29) is 12.5 Å². The van der Waals surface area contributed by atoms with Gasteiger partial charge in [0.1, 0.15) is 0 Å². The molecule has 0 atom stereocenters. The Morgan fingerprint density at radius 3 is 2.50 bits per heavy atom. The van der Waals surface area contributed by atoms with Gasteiger partial charge in [0.2, 0.25) is 5.91 Å². The molecule has 2 aromatic carbocycles. The van der Waals surface area contributed by atoms with E-state index in [4.69, 9.17) is 23.2 Å². The van der Waals surface area contributed by atoms with Crippen molar-refractivity contribution in [1.29, 1.82) is 0 Å². The molecule has 7 heteroatoms. The minimum atomic E-state index is -0.405. The Bertz CT molecular complexity index is 778. The average molecular weight is 367 g/mol. The van der Waals surface area contributed by atoms with E-state index < -0.39 is 5.97 Å². The van der Waals surface area contributed by atoms with Gasteiger partial charge in [-0.2, -0.15) is 0 Å². The number of hydrogen-bond acceptors (Lipinski definition) is 4. The minimum Gasteiger partial charge on any atom is -0.465 e. The molecule has 0 aromatic heterocycles. The molecule has 1 amide bonds. The van der Waals surface area contributed by atoms with E-state index in [0.29, 0.717) is 21.3 Å². The van der Waals surface area contributed by atoms with Crippen LogP contribution in [0.4, 0.5) is 11.4 Å². The molecule has 126 valence electrons. The molecular formula is C17H16Cl2N2O3. The van der Waals surface area contributed by atoms with Gasteiger partial charge >= 0.3 is 5.97 Å². The van der Waals surface area contributed by atoms with E-state index in [1.165, 1.54) is 7.11 Å². The van der Waals surface area contributed by atoms with Crippen molar-refractivity contribution in [2.24, 2.45) is 0 Å². The summed E-state index contributed by atoms with van der Waals surface area (Å²) in [6.45, 7) is 1.88. The maximum absolute atomic E-state index is 12.0. The zero-order chi connectivity index (χ0) is 17.7. The molecular weight excluding hydrogens is 351 g/mol. The molecule has 0 heterocycles. The lowest BCUT2D eigenvalue weighted by atomic mass is 10.1. The Labute approximate surface area is 149 Å². The highest BCUT2D eigenvalue weighted by atomic mass is 35.5. The molecule has 2 aromatic rings. The van der Waals surface area contributed by atoms with Crippen LogP contribution >= 0.6 is 23.2 Å². The third-order valence-electron chi connectivity index (χ3n) is 3.29. The van der Waals surface area contributed by atoms with E-state index in [1.807, 2.05) is 6.92 Å². The van der Waals surface area contributed by atoms with Crippen LogP contribution < -0.4 is 10.6 Å². The predicted octanol–water partition coefficient (Wildman–Crippen LogP) is 4.14. The van der Waals surface area contributed by atoms with Crippen LogP contribution in [0, 0.1) is 6.92 Å². The second kappa shape index (κ2) is 8.04. The Morgan fingerprint density at radius 1 is 1.08 bits per heavy atom. The minimum absolute atomic E-state index is 0.0429. The van der Waals surface area contributed by atoms with E-state index in [2.05, 4.69) is 15.4 Å². The standard InChI is InChI=1S/C17H16Cl2N2O3/c1-10-7-11(17(23)24-2)3-6-14(10)20-9-16(22)21-15-8-12(18)4-5-13(15)19/h3-8,20H,9H2,1-2H3,(H,21,22). The van der Waals surface area contributed by atoms with Gasteiger partial charge in [-0.3, -0.25) is 4.79 Å². The number of carbonyl (C=O) groups excluding carboxylic acids is 2. The number of esters is 1. The van der Waals surface area contributed by atoms with Gasteiger partial charge in [-0.25, -0.2) is 4.79 Å². The van der Waals surface area contributed by atoms with Crippen molar-refractivity contribution >= 4 is 46.5 Å². The summed E-state index contributed by atoms with van der Waals surface area (Å²) < 4.78 is 4.67. The first kappa shape index (κ1) is 18.1. The van der Waals surface area contributed by atoms with Gasteiger partial charge in [0, 0.05) is 10.7 Å². The highest BCUT2D eigenvalue weighted by Gasteiger charge is 2.10. The van der Waals surface area contributed by atoms with Crippen LogP contribution in [0.25, 0.3) is 0 Å². The summed E-state index contributed by atoms with van der Waals surface area (Å²) in [5, 5.41) is 6.59. The first-order chi connectivity index (χ1) is 11.4. The fraction of sp³-hybridized carbons (Fsp3) is 0.176. The fourth-order valence-corrected chi connectivity index (χ4v) is 2.41. The van der Waals surface area contributed by atoms with Crippen LogP contribution in [0.3, 0.4) is 0 Å². The smallest absolute Gasteiger partial charge is 0.337 e. The Kier molecular flexibility index (Phi) is 6.06. The molecule has 0 aliphatic rings. The second-order valence-corrected chi connectivity index (χ2v) is 5.89. The summed E-state index contributed by atoms with van der Waals surface area (Å²) in [6.07, 6.45) is 0. The fourth-order valence-electron chi connectivity index (χ4n) is 2.07. The van der Waals surface area contributed by atoms with E-state index in [1.54, 1.807) is 36.4 Å². The molecule has 0 spiro atoms. The number of nitrogens with one attached hydrogen (secondary N) is 2. The molecule has 0 saturated heterocycles. The molecule has 0 radical (unpaired) electrons. The van der Waals surface area contributed by atoms with Crippen LogP contribution in [-0.4, -0.2) is 25.5 Å². The van der Waals surface area contributed by atoms with Gasteiger partial charge in [0.15, 0.2) is 0 Å². The summed E-state index contributed by atoms with van der Waals surface area (Å²) in [7, 11) is 1.33. The van der Waals surface area contributed by atoms with Crippen molar-refractivity contribution < 1.29 is 14.3 Å². The van der Waals surface area contributed by atoms with Crippen LogP contribution in [0.5, 0.6) is 0 Å². The summed E-state index contributed by atoms with van der Waals surface area (Å²) in [5.41, 5.74) is 2.48. The maximum atomic E-state index is 12.0. The largest absolute Gasteiger partial charge is 0.465 e. The molecule has 0 aliphatic heterocycles. The molecule has 0 saturated carbocycles. The van der Waals surface area contributed by atoms with Gasteiger partial charge in [0.25, 0.3) is 0 Å². The number of aryl methyl sites for hydroxylation is 1. The lowest BCUT2D eigenvalue weighted by Crippen LogP contribution is -2.22. The summed E-state index contributed by atoms with van der Waals surface area (Å²) >= 11 is 11.9. The van der Waals surface area contributed by atoms with Crippen molar-refractivity contribution in [1.82, 2.24) is 0 Å². The third kappa shape index (κ3) is 4.63. The zero-order valence-electron chi connectivity index (χ0n) is 13.2. The van der Waals surface area contributed by atoms with Gasteiger partial charge < -0.3 is 15.4 Å². The molecule has 5 nitrogen and oxygen atoms in total. The lowest BCUT2D eigenvalue weighted by molar-refractivity contribution is -0.114. The molecule has 2 N–H and O–H groups in total. The number of halogens is 2. The summed E-state index contributed by atoms with van der Waals surface area (Å²) in [4.78, 5) is 23.5.